The van der Waals surface area contributed by atoms with E-state index >= 15 is 0 Å². The lowest BCUT2D eigenvalue weighted by molar-refractivity contribution is 0.185. The van der Waals surface area contributed by atoms with Crippen molar-refractivity contribution in [2.24, 2.45) is 5.73 Å². The van der Waals surface area contributed by atoms with E-state index in [1.807, 2.05) is 0 Å². The van der Waals surface area contributed by atoms with Crippen LogP contribution in [0.15, 0.2) is 17.0 Å². The molecule has 0 spiro atoms. The van der Waals surface area contributed by atoms with Crippen LogP contribution in [0.4, 0.5) is 8.78 Å². The third-order valence-corrected chi connectivity index (χ3v) is 4.44. The molecule has 1 aromatic rings. The number of nitrogens with two attached hydrogens (primary N) is 1. The van der Waals surface area contributed by atoms with Crippen LogP contribution in [-0.4, -0.2) is 40.0 Å². The molecule has 0 aliphatic rings. The van der Waals surface area contributed by atoms with E-state index < -0.39 is 26.6 Å². The Morgan fingerprint density at radius 1 is 1.37 bits per heavy atom. The summed E-state index contributed by atoms with van der Waals surface area (Å²) in [5.41, 5.74) is 5.53. The van der Waals surface area contributed by atoms with Crippen molar-refractivity contribution in [2.45, 2.75) is 11.4 Å². The van der Waals surface area contributed by atoms with E-state index in [1.165, 1.54) is 14.2 Å². The fourth-order valence-electron chi connectivity index (χ4n) is 1.43. The summed E-state index contributed by atoms with van der Waals surface area (Å²) >= 11 is 0. The highest BCUT2D eigenvalue weighted by atomic mass is 32.2. The van der Waals surface area contributed by atoms with Gasteiger partial charge in [-0.05, 0) is 17.7 Å². The van der Waals surface area contributed by atoms with Gasteiger partial charge in [-0.25, -0.2) is 17.2 Å². The van der Waals surface area contributed by atoms with Gasteiger partial charge < -0.3 is 10.5 Å². The van der Waals surface area contributed by atoms with Gasteiger partial charge in [-0.2, -0.15) is 4.31 Å². The Morgan fingerprint density at radius 2 is 2.00 bits per heavy atom. The maximum atomic E-state index is 13.6. The monoisotopic (exact) mass is 294 g/mol. The third-order valence-electron chi connectivity index (χ3n) is 2.59. The topological polar surface area (TPSA) is 72.6 Å². The van der Waals surface area contributed by atoms with E-state index in [0.717, 1.165) is 16.4 Å². The SMILES string of the molecule is COCCN(C)S(=O)(=O)c1cc(CN)cc(F)c1F. The van der Waals surface area contributed by atoms with Crippen LogP contribution >= 0.6 is 0 Å². The van der Waals surface area contributed by atoms with Crippen LogP contribution in [0.2, 0.25) is 0 Å². The van der Waals surface area contributed by atoms with E-state index in [4.69, 9.17) is 10.5 Å². The van der Waals surface area contributed by atoms with Crippen molar-refractivity contribution < 1.29 is 21.9 Å². The normalized spacial score (nSPS) is 12.1. The molecule has 1 rings (SSSR count). The Hall–Kier alpha value is -1.09. The smallest absolute Gasteiger partial charge is 0.245 e. The first-order chi connectivity index (χ1) is 8.84. The van der Waals surface area contributed by atoms with Crippen molar-refractivity contribution >= 4 is 10.0 Å². The quantitative estimate of drug-likeness (QED) is 0.838. The van der Waals surface area contributed by atoms with Gasteiger partial charge in [0.05, 0.1) is 6.61 Å². The number of hydrogen-bond acceptors (Lipinski definition) is 4. The summed E-state index contributed by atoms with van der Waals surface area (Å²) in [6.45, 7) is 0.102. The summed E-state index contributed by atoms with van der Waals surface area (Å²) in [6.07, 6.45) is 0. The van der Waals surface area contributed by atoms with E-state index in [1.54, 1.807) is 0 Å². The molecular weight excluding hydrogens is 278 g/mol. The van der Waals surface area contributed by atoms with Crippen LogP contribution in [0.25, 0.3) is 0 Å². The lowest BCUT2D eigenvalue weighted by Crippen LogP contribution is -2.31. The summed E-state index contributed by atoms with van der Waals surface area (Å²) in [6, 6.07) is 1.92. The molecule has 108 valence electrons. The van der Waals surface area contributed by atoms with Gasteiger partial charge in [-0.1, -0.05) is 0 Å². The van der Waals surface area contributed by atoms with Crippen LogP contribution in [0.1, 0.15) is 5.56 Å². The number of rotatable bonds is 6. The van der Waals surface area contributed by atoms with Gasteiger partial charge in [0, 0.05) is 27.2 Å². The number of hydrogen-bond donors (Lipinski definition) is 1. The second kappa shape index (κ2) is 6.38. The Kier molecular flexibility index (Phi) is 5.36. The van der Waals surface area contributed by atoms with Crippen LogP contribution < -0.4 is 5.73 Å². The van der Waals surface area contributed by atoms with Gasteiger partial charge in [-0.3, -0.25) is 0 Å². The molecule has 0 aromatic heterocycles. The molecular formula is C11H16F2N2O3S. The van der Waals surface area contributed by atoms with Crippen LogP contribution in [0, 0.1) is 11.6 Å². The van der Waals surface area contributed by atoms with Crippen LogP contribution in [0.5, 0.6) is 0 Å². The lowest BCUT2D eigenvalue weighted by Gasteiger charge is -2.17. The number of ether oxygens (including phenoxy) is 1. The van der Waals surface area contributed by atoms with Crippen molar-refractivity contribution in [1.29, 1.82) is 0 Å². The van der Waals surface area contributed by atoms with Gasteiger partial charge in [0.1, 0.15) is 4.90 Å². The number of sulfonamides is 1. The standard InChI is InChI=1S/C11H16F2N2O3S/c1-15(3-4-18-2)19(16,17)10-6-8(7-14)5-9(12)11(10)13/h5-6H,3-4,7,14H2,1-2H3. The summed E-state index contributed by atoms with van der Waals surface area (Å²) in [7, 11) is -1.44. The summed E-state index contributed by atoms with van der Waals surface area (Å²) in [5.74, 6) is -2.64. The second-order valence-corrected chi connectivity index (χ2v) is 5.93. The highest BCUT2D eigenvalue weighted by molar-refractivity contribution is 7.89. The van der Waals surface area contributed by atoms with Crippen LogP contribution in [-0.2, 0) is 21.3 Å². The molecule has 0 saturated carbocycles. The van der Waals surface area contributed by atoms with E-state index in [0.29, 0.717) is 0 Å². The molecule has 8 heteroatoms. The average molecular weight is 294 g/mol. The Balaban J connectivity index is 3.24. The van der Waals surface area contributed by atoms with Gasteiger partial charge >= 0.3 is 0 Å². The first-order valence-electron chi connectivity index (χ1n) is 5.47. The van der Waals surface area contributed by atoms with Crippen molar-refractivity contribution in [1.82, 2.24) is 4.31 Å². The molecule has 0 heterocycles. The molecule has 0 radical (unpaired) electrons. The van der Waals surface area contributed by atoms with Crippen molar-refractivity contribution in [3.63, 3.8) is 0 Å². The number of halogens is 2. The highest BCUT2D eigenvalue weighted by Gasteiger charge is 2.26. The zero-order chi connectivity index (χ0) is 14.6. The number of nitrogens with zero attached hydrogens (tertiary/aromatic N) is 1. The van der Waals surface area contributed by atoms with Gasteiger partial charge in [0.15, 0.2) is 11.6 Å². The van der Waals surface area contributed by atoms with Crippen molar-refractivity contribution in [3.05, 3.63) is 29.3 Å². The van der Waals surface area contributed by atoms with Gasteiger partial charge in [-0.15, -0.1) is 0 Å². The Bertz CT molecular complexity index is 549. The minimum absolute atomic E-state index is 0.0345. The highest BCUT2D eigenvalue weighted by Crippen LogP contribution is 2.22. The molecule has 1 aromatic carbocycles. The maximum Gasteiger partial charge on any atom is 0.245 e. The van der Waals surface area contributed by atoms with Crippen molar-refractivity contribution in [3.8, 4) is 0 Å². The van der Waals surface area contributed by atoms with Gasteiger partial charge in [0.25, 0.3) is 0 Å². The molecule has 0 amide bonds. The van der Waals surface area contributed by atoms with E-state index in [9.17, 15) is 17.2 Å². The molecule has 2 N–H and O–H groups in total. The zero-order valence-corrected chi connectivity index (χ0v) is 11.5. The first-order valence-corrected chi connectivity index (χ1v) is 6.91. The number of benzene rings is 1. The fraction of sp³-hybridized carbons (Fsp3) is 0.455. The minimum atomic E-state index is -4.11. The molecule has 0 atom stereocenters. The molecule has 5 nitrogen and oxygen atoms in total. The molecule has 0 bridgehead atoms. The average Bonchev–Trinajstić information content (AvgIpc) is 2.38. The summed E-state index contributed by atoms with van der Waals surface area (Å²) < 4.78 is 56.8. The molecule has 0 unspecified atom stereocenters. The summed E-state index contributed by atoms with van der Waals surface area (Å²) in [5, 5.41) is 0. The third kappa shape index (κ3) is 3.47. The number of methoxy groups -OCH3 is 1. The van der Waals surface area contributed by atoms with Gasteiger partial charge in [0.2, 0.25) is 10.0 Å². The van der Waals surface area contributed by atoms with E-state index in [2.05, 4.69) is 0 Å². The molecule has 0 saturated heterocycles. The summed E-state index contributed by atoms with van der Waals surface area (Å²) in [4.78, 5) is -0.716. The molecule has 0 fully saturated rings. The second-order valence-electron chi connectivity index (χ2n) is 3.91. The zero-order valence-electron chi connectivity index (χ0n) is 10.7. The lowest BCUT2D eigenvalue weighted by atomic mass is 10.2. The number of likely N-dealkylation sites (N-methyl/N-ethyl adjacent to an activating group) is 1. The molecule has 0 aliphatic heterocycles. The predicted molar refractivity (Wildman–Crippen MR) is 65.9 cm³/mol. The molecule has 0 aliphatic carbocycles. The predicted octanol–water partition coefficient (Wildman–Crippen LogP) is 0.690. The van der Waals surface area contributed by atoms with E-state index in [-0.39, 0.29) is 25.3 Å². The van der Waals surface area contributed by atoms with Crippen molar-refractivity contribution in [2.75, 3.05) is 27.3 Å². The molecule has 19 heavy (non-hydrogen) atoms. The Morgan fingerprint density at radius 3 is 2.53 bits per heavy atom. The largest absolute Gasteiger partial charge is 0.383 e. The Labute approximate surface area is 111 Å². The fourth-order valence-corrected chi connectivity index (χ4v) is 2.71. The van der Waals surface area contributed by atoms with Crippen LogP contribution in [0.3, 0.4) is 0 Å². The minimum Gasteiger partial charge on any atom is -0.383 e. The first kappa shape index (κ1) is 16.0. The maximum absolute atomic E-state index is 13.6.